The second-order valence-corrected chi connectivity index (χ2v) is 5.51. The molecule has 1 aromatic rings. The molecule has 5 nitrogen and oxygen atoms in total. The number of likely N-dealkylation sites (tertiary alicyclic amines) is 1. The number of ether oxygens (including phenoxy) is 1. The highest BCUT2D eigenvalue weighted by molar-refractivity contribution is 6.48. The maximum absolute atomic E-state index is 12.3. The lowest BCUT2D eigenvalue weighted by atomic mass is 10.1. The minimum absolute atomic E-state index is 0.0192. The van der Waals surface area contributed by atoms with Gasteiger partial charge in [0.2, 0.25) is 0 Å². The molecule has 2 heterocycles. The third-order valence-electron chi connectivity index (χ3n) is 3.13. The molecule has 1 saturated heterocycles. The first-order chi connectivity index (χ1) is 9.45. The van der Waals surface area contributed by atoms with Crippen LogP contribution in [0.1, 0.15) is 16.9 Å². The Balaban J connectivity index is 2.18. The van der Waals surface area contributed by atoms with Crippen molar-refractivity contribution >= 4 is 46.7 Å². The van der Waals surface area contributed by atoms with E-state index in [1.165, 1.54) is 18.2 Å². The highest BCUT2D eigenvalue weighted by Gasteiger charge is 2.33. The highest BCUT2D eigenvalue weighted by atomic mass is 35.5. The number of rotatable bonds is 2. The van der Waals surface area contributed by atoms with Gasteiger partial charge in [-0.3, -0.25) is 9.59 Å². The fourth-order valence-electron chi connectivity index (χ4n) is 2.05. The van der Waals surface area contributed by atoms with Gasteiger partial charge in [0.25, 0.3) is 5.91 Å². The summed E-state index contributed by atoms with van der Waals surface area (Å²) in [5.74, 6) is -1.01. The Morgan fingerprint density at radius 2 is 2.05 bits per heavy atom. The van der Waals surface area contributed by atoms with Gasteiger partial charge >= 0.3 is 5.97 Å². The molecule has 1 amide bonds. The maximum Gasteiger partial charge on any atom is 0.310 e. The number of halogens is 3. The third kappa shape index (κ3) is 2.85. The van der Waals surface area contributed by atoms with Crippen LogP contribution in [-0.2, 0) is 9.53 Å². The molecule has 1 unspecified atom stereocenters. The van der Waals surface area contributed by atoms with Gasteiger partial charge in [-0.05, 0) is 6.42 Å². The Morgan fingerprint density at radius 1 is 1.35 bits per heavy atom. The van der Waals surface area contributed by atoms with E-state index in [-0.39, 0.29) is 45.1 Å². The standard InChI is InChI=1S/C12H11Cl3N2O3/c1-20-12(19)6-2-3-17(5-6)11(18)10-9(15)8(14)7(13)4-16-10/h4,6H,2-3,5H2,1H3. The lowest BCUT2D eigenvalue weighted by Gasteiger charge is -2.16. The summed E-state index contributed by atoms with van der Waals surface area (Å²) in [5.41, 5.74) is 0.0339. The predicted octanol–water partition coefficient (Wildman–Crippen LogP) is 2.68. The smallest absolute Gasteiger partial charge is 0.310 e. The Hall–Kier alpha value is -1.04. The van der Waals surface area contributed by atoms with E-state index in [0.717, 1.165) is 0 Å². The first-order valence-corrected chi connectivity index (χ1v) is 6.95. The number of methoxy groups -OCH3 is 1. The van der Waals surface area contributed by atoms with Crippen molar-refractivity contribution in [2.24, 2.45) is 5.92 Å². The van der Waals surface area contributed by atoms with Crippen LogP contribution in [0.5, 0.6) is 0 Å². The summed E-state index contributed by atoms with van der Waals surface area (Å²) in [5, 5.41) is 0.295. The summed E-state index contributed by atoms with van der Waals surface area (Å²) in [7, 11) is 1.32. The average Bonchev–Trinajstić information content (AvgIpc) is 2.93. The number of hydrogen-bond acceptors (Lipinski definition) is 4. The van der Waals surface area contributed by atoms with Gasteiger partial charge in [0.05, 0.1) is 28.1 Å². The molecule has 20 heavy (non-hydrogen) atoms. The lowest BCUT2D eigenvalue weighted by Crippen LogP contribution is -2.31. The number of carbonyl (C=O) groups is 2. The van der Waals surface area contributed by atoms with Crippen LogP contribution in [0, 0.1) is 5.92 Å². The van der Waals surface area contributed by atoms with Gasteiger partial charge in [-0.2, -0.15) is 0 Å². The minimum atomic E-state index is -0.375. The van der Waals surface area contributed by atoms with Crippen molar-refractivity contribution in [1.29, 1.82) is 0 Å². The summed E-state index contributed by atoms with van der Waals surface area (Å²) in [6.07, 6.45) is 1.83. The van der Waals surface area contributed by atoms with Crippen molar-refractivity contribution in [3.8, 4) is 0 Å². The van der Waals surface area contributed by atoms with Crippen LogP contribution in [-0.4, -0.2) is 42.0 Å². The van der Waals surface area contributed by atoms with Crippen molar-refractivity contribution in [3.05, 3.63) is 27.0 Å². The number of aromatic nitrogens is 1. The predicted molar refractivity (Wildman–Crippen MR) is 75.3 cm³/mol. The fraction of sp³-hybridized carbons (Fsp3) is 0.417. The fourth-order valence-corrected chi connectivity index (χ4v) is 2.61. The van der Waals surface area contributed by atoms with Gasteiger partial charge in [0.15, 0.2) is 0 Å². The van der Waals surface area contributed by atoms with Crippen LogP contribution in [0.4, 0.5) is 0 Å². The van der Waals surface area contributed by atoms with Crippen LogP contribution < -0.4 is 0 Å². The molecule has 0 bridgehead atoms. The molecule has 2 rings (SSSR count). The Morgan fingerprint density at radius 3 is 2.70 bits per heavy atom. The van der Waals surface area contributed by atoms with Gasteiger partial charge in [-0.15, -0.1) is 0 Å². The van der Waals surface area contributed by atoms with Gasteiger partial charge in [0, 0.05) is 19.3 Å². The van der Waals surface area contributed by atoms with Crippen molar-refractivity contribution in [3.63, 3.8) is 0 Å². The molecular weight excluding hydrogens is 327 g/mol. The van der Waals surface area contributed by atoms with E-state index in [4.69, 9.17) is 34.8 Å². The molecule has 0 N–H and O–H groups in total. The molecule has 1 aromatic heterocycles. The summed E-state index contributed by atoms with van der Waals surface area (Å²) in [6, 6.07) is 0. The number of hydrogen-bond donors (Lipinski definition) is 0. The second kappa shape index (κ2) is 6.16. The van der Waals surface area contributed by atoms with Crippen molar-refractivity contribution in [1.82, 2.24) is 9.88 Å². The number of pyridine rings is 1. The molecule has 1 aliphatic rings. The van der Waals surface area contributed by atoms with Crippen molar-refractivity contribution in [2.75, 3.05) is 20.2 Å². The molecule has 1 atom stereocenters. The van der Waals surface area contributed by atoms with Crippen LogP contribution in [0.2, 0.25) is 15.1 Å². The number of esters is 1. The van der Waals surface area contributed by atoms with E-state index >= 15 is 0 Å². The molecule has 1 fully saturated rings. The van der Waals surface area contributed by atoms with Gasteiger partial charge < -0.3 is 9.64 Å². The summed E-state index contributed by atoms with van der Waals surface area (Å²) in [6.45, 7) is 0.723. The van der Waals surface area contributed by atoms with Crippen molar-refractivity contribution < 1.29 is 14.3 Å². The highest BCUT2D eigenvalue weighted by Crippen LogP contribution is 2.32. The zero-order chi connectivity index (χ0) is 14.9. The topological polar surface area (TPSA) is 59.5 Å². The molecule has 108 valence electrons. The van der Waals surface area contributed by atoms with E-state index in [1.807, 2.05) is 0 Å². The normalized spacial score (nSPS) is 18.2. The van der Waals surface area contributed by atoms with E-state index in [1.54, 1.807) is 0 Å². The molecule has 0 spiro atoms. The molecule has 0 aliphatic carbocycles. The third-order valence-corrected chi connectivity index (χ3v) is 4.37. The van der Waals surface area contributed by atoms with E-state index < -0.39 is 0 Å². The Labute approximate surface area is 130 Å². The number of carbonyl (C=O) groups excluding carboxylic acids is 2. The van der Waals surface area contributed by atoms with Crippen molar-refractivity contribution in [2.45, 2.75) is 6.42 Å². The first-order valence-electron chi connectivity index (χ1n) is 5.82. The molecule has 0 radical (unpaired) electrons. The summed E-state index contributed by atoms with van der Waals surface area (Å²) < 4.78 is 4.67. The molecule has 0 saturated carbocycles. The van der Waals surface area contributed by atoms with Gasteiger partial charge in [-0.25, -0.2) is 4.98 Å². The largest absolute Gasteiger partial charge is 0.469 e. The quantitative estimate of drug-likeness (QED) is 0.779. The number of nitrogens with zero attached hydrogens (tertiary/aromatic N) is 2. The molecule has 0 aromatic carbocycles. The van der Waals surface area contributed by atoms with E-state index in [9.17, 15) is 9.59 Å². The second-order valence-electron chi connectivity index (χ2n) is 4.34. The summed E-state index contributed by atoms with van der Waals surface area (Å²) in [4.78, 5) is 29.2. The Bertz CT molecular complexity index is 565. The van der Waals surface area contributed by atoms with E-state index in [2.05, 4.69) is 9.72 Å². The Kier molecular flexibility index (Phi) is 4.73. The lowest BCUT2D eigenvalue weighted by molar-refractivity contribution is -0.144. The molecule has 8 heteroatoms. The van der Waals surface area contributed by atoms with Crippen LogP contribution in [0.25, 0.3) is 0 Å². The minimum Gasteiger partial charge on any atom is -0.469 e. The maximum atomic E-state index is 12.3. The zero-order valence-corrected chi connectivity index (χ0v) is 12.8. The SMILES string of the molecule is COC(=O)C1CCN(C(=O)c2ncc(Cl)c(Cl)c2Cl)C1. The average molecular weight is 338 g/mol. The van der Waals surface area contributed by atoms with Gasteiger partial charge in [-0.1, -0.05) is 34.8 Å². The number of amides is 1. The van der Waals surface area contributed by atoms with Gasteiger partial charge in [0.1, 0.15) is 5.69 Å². The zero-order valence-electron chi connectivity index (χ0n) is 10.5. The first kappa shape index (κ1) is 15.4. The summed E-state index contributed by atoms with van der Waals surface area (Å²) >= 11 is 17.6. The monoisotopic (exact) mass is 336 g/mol. The molecular formula is C12H11Cl3N2O3. The van der Waals surface area contributed by atoms with E-state index in [0.29, 0.717) is 13.0 Å². The molecule has 1 aliphatic heterocycles. The van der Waals surface area contributed by atoms with Crippen LogP contribution in [0.3, 0.4) is 0 Å². The van der Waals surface area contributed by atoms with Crippen LogP contribution >= 0.6 is 34.8 Å². The van der Waals surface area contributed by atoms with Crippen LogP contribution in [0.15, 0.2) is 6.20 Å².